The van der Waals surface area contributed by atoms with E-state index in [4.69, 9.17) is 5.11 Å². The summed E-state index contributed by atoms with van der Waals surface area (Å²) in [6, 6.07) is 0. The Hall–Kier alpha value is -1.06. The molecule has 4 heteroatoms. The van der Waals surface area contributed by atoms with Gasteiger partial charge in [0.15, 0.2) is 0 Å². The Morgan fingerprint density at radius 1 is 0.889 bits per heavy atom. The summed E-state index contributed by atoms with van der Waals surface area (Å²) < 4.78 is 0. The number of carbonyl (C=O) groups is 2. The molecule has 18 heavy (non-hydrogen) atoms. The minimum Gasteiger partial charge on any atom is -0.481 e. The number of likely N-dealkylation sites (tertiary alicyclic amines) is 1. The van der Waals surface area contributed by atoms with Crippen LogP contribution in [0.5, 0.6) is 0 Å². The lowest BCUT2D eigenvalue weighted by Gasteiger charge is -2.33. The standard InChI is InChI=1S/C14H23NO3/c16-13(11-6-3-1-2-4-7-11)15-9-5-8-12(10-15)14(17)18/h11-12H,1-10H2,(H,17,18). The van der Waals surface area contributed by atoms with Crippen LogP contribution in [0.3, 0.4) is 0 Å². The number of hydrogen-bond acceptors (Lipinski definition) is 2. The van der Waals surface area contributed by atoms with E-state index in [-0.39, 0.29) is 17.7 Å². The zero-order valence-electron chi connectivity index (χ0n) is 10.9. The van der Waals surface area contributed by atoms with Gasteiger partial charge in [0.25, 0.3) is 0 Å². The van der Waals surface area contributed by atoms with Crippen molar-refractivity contribution >= 4 is 11.9 Å². The van der Waals surface area contributed by atoms with E-state index in [2.05, 4.69) is 0 Å². The average Bonchev–Trinajstić information content (AvgIpc) is 2.67. The minimum atomic E-state index is -0.756. The van der Waals surface area contributed by atoms with Gasteiger partial charge < -0.3 is 10.0 Å². The minimum absolute atomic E-state index is 0.153. The predicted octanol–water partition coefficient (Wildman–Crippen LogP) is 2.28. The number of carboxylic acid groups (broad SMARTS) is 1. The van der Waals surface area contributed by atoms with Crippen LogP contribution in [0.25, 0.3) is 0 Å². The first-order valence-electron chi connectivity index (χ1n) is 7.20. The third kappa shape index (κ3) is 3.24. The molecule has 0 spiro atoms. The van der Waals surface area contributed by atoms with Crippen LogP contribution in [0, 0.1) is 11.8 Å². The molecule has 1 heterocycles. The van der Waals surface area contributed by atoms with Crippen LogP contribution >= 0.6 is 0 Å². The topological polar surface area (TPSA) is 57.6 Å². The molecule has 1 unspecified atom stereocenters. The van der Waals surface area contributed by atoms with Gasteiger partial charge in [-0.25, -0.2) is 0 Å². The highest BCUT2D eigenvalue weighted by molar-refractivity contribution is 5.80. The summed E-state index contributed by atoms with van der Waals surface area (Å²) in [6.45, 7) is 1.17. The van der Waals surface area contributed by atoms with E-state index in [0.717, 1.165) is 38.6 Å². The van der Waals surface area contributed by atoms with Crippen LogP contribution in [0.1, 0.15) is 51.4 Å². The molecule has 1 amide bonds. The molecule has 0 bridgehead atoms. The van der Waals surface area contributed by atoms with Gasteiger partial charge in [-0.05, 0) is 25.7 Å². The molecule has 1 aliphatic heterocycles. The monoisotopic (exact) mass is 253 g/mol. The first-order valence-corrected chi connectivity index (χ1v) is 7.20. The van der Waals surface area contributed by atoms with Crippen molar-refractivity contribution in [3.8, 4) is 0 Å². The van der Waals surface area contributed by atoms with Crippen LogP contribution in [0.2, 0.25) is 0 Å². The average molecular weight is 253 g/mol. The number of hydrogen-bond donors (Lipinski definition) is 1. The maximum atomic E-state index is 12.4. The zero-order chi connectivity index (χ0) is 13.0. The Balaban J connectivity index is 1.92. The summed E-state index contributed by atoms with van der Waals surface area (Å²) in [5.74, 6) is -0.746. The van der Waals surface area contributed by atoms with Gasteiger partial charge >= 0.3 is 5.97 Å². The van der Waals surface area contributed by atoms with Crippen molar-refractivity contribution in [2.24, 2.45) is 11.8 Å². The molecule has 4 nitrogen and oxygen atoms in total. The lowest BCUT2D eigenvalue weighted by molar-refractivity contribution is -0.147. The molecule has 0 aromatic carbocycles. The van der Waals surface area contributed by atoms with E-state index in [1.807, 2.05) is 0 Å². The normalized spacial score (nSPS) is 26.7. The van der Waals surface area contributed by atoms with Gasteiger partial charge in [0.2, 0.25) is 5.91 Å². The largest absolute Gasteiger partial charge is 0.481 e. The summed E-state index contributed by atoms with van der Waals surface area (Å²) >= 11 is 0. The Kier molecular flexibility index (Phi) is 4.61. The number of piperidine rings is 1. The van der Waals surface area contributed by atoms with E-state index >= 15 is 0 Å². The number of nitrogens with zero attached hydrogens (tertiary/aromatic N) is 1. The molecule has 2 aliphatic rings. The maximum Gasteiger partial charge on any atom is 0.308 e. The van der Waals surface area contributed by atoms with Crippen molar-refractivity contribution < 1.29 is 14.7 Å². The SMILES string of the molecule is O=C(O)C1CCCN(C(=O)C2CCCCCC2)C1. The smallest absolute Gasteiger partial charge is 0.308 e. The van der Waals surface area contributed by atoms with Gasteiger partial charge in [-0.2, -0.15) is 0 Å². The van der Waals surface area contributed by atoms with Crippen LogP contribution in [-0.4, -0.2) is 35.0 Å². The van der Waals surface area contributed by atoms with Crippen molar-refractivity contribution in [3.63, 3.8) is 0 Å². The van der Waals surface area contributed by atoms with Crippen LogP contribution in [-0.2, 0) is 9.59 Å². The van der Waals surface area contributed by atoms with Gasteiger partial charge in [-0.3, -0.25) is 9.59 Å². The molecule has 0 aromatic rings. The first kappa shape index (κ1) is 13.4. The summed E-state index contributed by atoms with van der Waals surface area (Å²) in [5, 5.41) is 9.06. The molecule has 1 N–H and O–H groups in total. The van der Waals surface area contributed by atoms with Crippen molar-refractivity contribution in [1.82, 2.24) is 4.90 Å². The summed E-state index contributed by atoms with van der Waals surface area (Å²) in [4.78, 5) is 25.2. The van der Waals surface area contributed by atoms with Gasteiger partial charge in [0.05, 0.1) is 5.92 Å². The van der Waals surface area contributed by atoms with E-state index in [0.29, 0.717) is 13.0 Å². The number of carbonyl (C=O) groups excluding carboxylic acids is 1. The van der Waals surface area contributed by atoms with Crippen LogP contribution in [0.4, 0.5) is 0 Å². The second kappa shape index (κ2) is 6.21. The molecular weight excluding hydrogens is 230 g/mol. The Labute approximate surface area is 108 Å². The highest BCUT2D eigenvalue weighted by atomic mass is 16.4. The quantitative estimate of drug-likeness (QED) is 0.768. The van der Waals surface area contributed by atoms with Crippen molar-refractivity contribution in [2.75, 3.05) is 13.1 Å². The summed E-state index contributed by atoms with van der Waals surface area (Å²) in [5.41, 5.74) is 0. The van der Waals surface area contributed by atoms with Gasteiger partial charge in [-0.1, -0.05) is 25.7 Å². The fraction of sp³-hybridized carbons (Fsp3) is 0.857. The van der Waals surface area contributed by atoms with Crippen molar-refractivity contribution in [3.05, 3.63) is 0 Å². The lowest BCUT2D eigenvalue weighted by atomic mass is 9.94. The van der Waals surface area contributed by atoms with Crippen LogP contribution in [0.15, 0.2) is 0 Å². The Morgan fingerprint density at radius 3 is 2.11 bits per heavy atom. The van der Waals surface area contributed by atoms with Gasteiger partial charge in [0.1, 0.15) is 0 Å². The van der Waals surface area contributed by atoms with Crippen LogP contribution < -0.4 is 0 Å². The number of amides is 1. The zero-order valence-corrected chi connectivity index (χ0v) is 10.9. The molecule has 2 rings (SSSR count). The second-order valence-electron chi connectivity index (χ2n) is 5.65. The van der Waals surface area contributed by atoms with E-state index in [1.165, 1.54) is 12.8 Å². The first-order chi connectivity index (χ1) is 8.68. The van der Waals surface area contributed by atoms with Gasteiger partial charge in [-0.15, -0.1) is 0 Å². The third-order valence-corrected chi connectivity index (χ3v) is 4.29. The third-order valence-electron chi connectivity index (χ3n) is 4.29. The van der Waals surface area contributed by atoms with E-state index in [9.17, 15) is 9.59 Å². The number of rotatable bonds is 2. The molecule has 0 radical (unpaired) electrons. The summed E-state index contributed by atoms with van der Waals surface area (Å²) in [7, 11) is 0. The number of aliphatic carboxylic acids is 1. The summed E-state index contributed by atoms with van der Waals surface area (Å²) in [6.07, 6.45) is 8.29. The lowest BCUT2D eigenvalue weighted by Crippen LogP contribution is -2.44. The molecule has 102 valence electrons. The maximum absolute atomic E-state index is 12.4. The molecule has 2 fully saturated rings. The molecule has 1 aliphatic carbocycles. The fourth-order valence-electron chi connectivity index (χ4n) is 3.16. The molecule has 1 atom stereocenters. The van der Waals surface area contributed by atoms with E-state index < -0.39 is 5.97 Å². The second-order valence-corrected chi connectivity index (χ2v) is 5.65. The predicted molar refractivity (Wildman–Crippen MR) is 68.1 cm³/mol. The Bertz CT molecular complexity index is 308. The van der Waals surface area contributed by atoms with Crippen molar-refractivity contribution in [1.29, 1.82) is 0 Å². The Morgan fingerprint density at radius 2 is 1.50 bits per heavy atom. The molecule has 1 saturated carbocycles. The highest BCUT2D eigenvalue weighted by Crippen LogP contribution is 2.26. The number of carboxylic acids is 1. The van der Waals surface area contributed by atoms with Crippen molar-refractivity contribution in [2.45, 2.75) is 51.4 Å². The molecule has 0 aromatic heterocycles. The fourth-order valence-corrected chi connectivity index (χ4v) is 3.16. The van der Waals surface area contributed by atoms with E-state index in [1.54, 1.807) is 4.90 Å². The molecule has 1 saturated heterocycles. The highest BCUT2D eigenvalue weighted by Gasteiger charge is 2.31. The van der Waals surface area contributed by atoms with Gasteiger partial charge in [0, 0.05) is 19.0 Å². The molecular formula is C14H23NO3.